The number of rotatable bonds is 0. The van der Waals surface area contributed by atoms with Crippen LogP contribution in [0.25, 0.3) is 0 Å². The molecule has 0 aliphatic heterocycles. The van der Waals surface area contributed by atoms with Crippen molar-refractivity contribution in [3.8, 4) is 0 Å². The molecule has 0 radical (unpaired) electrons. The molecule has 0 amide bonds. The van der Waals surface area contributed by atoms with E-state index in [9.17, 15) is 0 Å². The second-order valence-corrected chi connectivity index (χ2v) is 5.28. The summed E-state index contributed by atoms with van der Waals surface area (Å²) in [7, 11) is 1.00. The lowest BCUT2D eigenvalue weighted by Crippen LogP contribution is -2.55. The van der Waals surface area contributed by atoms with Crippen molar-refractivity contribution in [1.29, 1.82) is 0 Å². The van der Waals surface area contributed by atoms with Crippen LogP contribution >= 0.6 is 0 Å². The third kappa shape index (κ3) is 1.62. The summed E-state index contributed by atoms with van der Waals surface area (Å²) in [4.78, 5) is 0. The van der Waals surface area contributed by atoms with Gasteiger partial charge in [0.1, 0.15) is 0 Å². The summed E-state index contributed by atoms with van der Waals surface area (Å²) in [6.07, 6.45) is 8.57. The Kier molecular flexibility index (Phi) is 2.37. The number of aliphatic hydroxyl groups excluding tert-OH is 1. The van der Waals surface area contributed by atoms with Gasteiger partial charge in [0.15, 0.2) is 0 Å². The molecule has 0 atom stereocenters. The minimum absolute atomic E-state index is 0.300. The van der Waals surface area contributed by atoms with Crippen molar-refractivity contribution in [2.24, 2.45) is 23.5 Å². The molecule has 76 valence electrons. The first-order chi connectivity index (χ1) is 6.23. The number of aliphatic hydroxyl groups is 1. The monoisotopic (exact) mass is 183 g/mol. The van der Waals surface area contributed by atoms with Crippen LogP contribution in [0, 0.1) is 17.8 Å². The molecule has 0 spiro atoms. The number of hydrogen-bond acceptors (Lipinski definition) is 2. The highest BCUT2D eigenvalue weighted by Crippen LogP contribution is 2.54. The van der Waals surface area contributed by atoms with E-state index in [2.05, 4.69) is 0 Å². The smallest absolute Gasteiger partial charge is 0.0319 e. The molecular weight excluding hydrogens is 162 g/mol. The van der Waals surface area contributed by atoms with Gasteiger partial charge >= 0.3 is 0 Å². The zero-order valence-electron chi connectivity index (χ0n) is 8.50. The van der Waals surface area contributed by atoms with Gasteiger partial charge in [0.05, 0.1) is 0 Å². The number of nitrogens with two attached hydrogens (primary N) is 1. The average molecular weight is 183 g/mol. The molecular formula is C11H21NO. The highest BCUT2D eigenvalue weighted by Gasteiger charge is 2.48. The SMILES string of the molecule is CO.NC12CC3CC(CC(C3)C1)C2. The maximum absolute atomic E-state index is 7.00. The minimum Gasteiger partial charge on any atom is -0.400 e. The first kappa shape index (κ1) is 9.47. The van der Waals surface area contributed by atoms with Crippen LogP contribution < -0.4 is 5.73 Å². The Hall–Kier alpha value is -0.0800. The zero-order chi connectivity index (χ0) is 9.47. The summed E-state index contributed by atoms with van der Waals surface area (Å²) in [5, 5.41) is 7.00. The van der Waals surface area contributed by atoms with E-state index in [0.29, 0.717) is 5.54 Å². The van der Waals surface area contributed by atoms with Crippen LogP contribution in [0.1, 0.15) is 38.5 Å². The summed E-state index contributed by atoms with van der Waals surface area (Å²) in [6.45, 7) is 0. The predicted molar refractivity (Wildman–Crippen MR) is 53.2 cm³/mol. The Morgan fingerprint density at radius 1 is 0.923 bits per heavy atom. The average Bonchev–Trinajstić information content (AvgIpc) is 2.02. The fourth-order valence-electron chi connectivity index (χ4n) is 4.18. The third-order valence-electron chi connectivity index (χ3n) is 4.09. The van der Waals surface area contributed by atoms with E-state index in [4.69, 9.17) is 10.8 Å². The maximum atomic E-state index is 7.00. The van der Waals surface area contributed by atoms with Gasteiger partial charge in [-0.15, -0.1) is 0 Å². The van der Waals surface area contributed by atoms with Crippen LogP contribution in [0.3, 0.4) is 0 Å². The van der Waals surface area contributed by atoms with Crippen molar-refractivity contribution >= 4 is 0 Å². The minimum atomic E-state index is 0.300. The summed E-state index contributed by atoms with van der Waals surface area (Å²) in [5.74, 6) is 3.06. The lowest BCUT2D eigenvalue weighted by molar-refractivity contribution is 0.000365. The van der Waals surface area contributed by atoms with Gasteiger partial charge in [-0.05, 0) is 56.3 Å². The van der Waals surface area contributed by atoms with Gasteiger partial charge in [-0.2, -0.15) is 0 Å². The van der Waals surface area contributed by atoms with Crippen LogP contribution in [0.5, 0.6) is 0 Å². The fraction of sp³-hybridized carbons (Fsp3) is 1.00. The Balaban J connectivity index is 0.000000308. The molecule has 0 saturated heterocycles. The van der Waals surface area contributed by atoms with E-state index in [-0.39, 0.29) is 0 Å². The van der Waals surface area contributed by atoms with Gasteiger partial charge in [-0.25, -0.2) is 0 Å². The molecule has 4 aliphatic rings. The van der Waals surface area contributed by atoms with E-state index in [1.165, 1.54) is 38.5 Å². The van der Waals surface area contributed by atoms with Gasteiger partial charge in [0, 0.05) is 12.6 Å². The lowest BCUT2D eigenvalue weighted by Gasteiger charge is -2.55. The van der Waals surface area contributed by atoms with Gasteiger partial charge < -0.3 is 10.8 Å². The molecule has 0 heterocycles. The molecule has 4 fully saturated rings. The van der Waals surface area contributed by atoms with Gasteiger partial charge in [-0.3, -0.25) is 0 Å². The van der Waals surface area contributed by atoms with E-state index in [1.807, 2.05) is 0 Å². The Morgan fingerprint density at radius 2 is 1.23 bits per heavy atom. The van der Waals surface area contributed by atoms with Crippen molar-refractivity contribution in [1.82, 2.24) is 0 Å². The van der Waals surface area contributed by atoms with Gasteiger partial charge in [-0.1, -0.05) is 0 Å². The zero-order valence-corrected chi connectivity index (χ0v) is 8.50. The Morgan fingerprint density at radius 3 is 1.46 bits per heavy atom. The maximum Gasteiger partial charge on any atom is 0.0319 e. The standard InChI is InChI=1S/C10H17N.CH4O/c11-10-4-7-1-8(5-10)3-9(2-7)6-10;1-2/h7-9H,1-6,11H2;2H,1H3. The highest BCUT2D eigenvalue weighted by atomic mass is 16.2. The summed E-state index contributed by atoms with van der Waals surface area (Å²) in [5.41, 5.74) is 6.62. The molecule has 4 bridgehead atoms. The molecule has 13 heavy (non-hydrogen) atoms. The number of hydrogen-bond donors (Lipinski definition) is 2. The second-order valence-electron chi connectivity index (χ2n) is 5.28. The third-order valence-corrected chi connectivity index (χ3v) is 4.09. The molecule has 2 heteroatoms. The molecule has 0 unspecified atom stereocenters. The van der Waals surface area contributed by atoms with Crippen LogP contribution in [-0.2, 0) is 0 Å². The molecule has 0 aromatic carbocycles. The van der Waals surface area contributed by atoms with Crippen LogP contribution in [0.15, 0.2) is 0 Å². The van der Waals surface area contributed by atoms with Gasteiger partial charge in [0.2, 0.25) is 0 Å². The van der Waals surface area contributed by atoms with Crippen LogP contribution in [0.2, 0.25) is 0 Å². The van der Waals surface area contributed by atoms with E-state index in [1.54, 1.807) is 0 Å². The lowest BCUT2D eigenvalue weighted by atomic mass is 9.53. The molecule has 4 aliphatic carbocycles. The van der Waals surface area contributed by atoms with E-state index < -0.39 is 0 Å². The summed E-state index contributed by atoms with van der Waals surface area (Å²) in [6, 6.07) is 0. The predicted octanol–water partition coefficient (Wildman–Crippen LogP) is 1.52. The molecule has 0 aromatic rings. The summed E-state index contributed by atoms with van der Waals surface area (Å²) < 4.78 is 0. The largest absolute Gasteiger partial charge is 0.400 e. The van der Waals surface area contributed by atoms with E-state index >= 15 is 0 Å². The summed E-state index contributed by atoms with van der Waals surface area (Å²) >= 11 is 0. The Bertz CT molecular complexity index is 155. The van der Waals surface area contributed by atoms with Crippen molar-refractivity contribution in [3.63, 3.8) is 0 Å². The van der Waals surface area contributed by atoms with Crippen LogP contribution in [-0.4, -0.2) is 17.8 Å². The molecule has 3 N–H and O–H groups in total. The molecule has 0 aromatic heterocycles. The topological polar surface area (TPSA) is 46.2 Å². The van der Waals surface area contributed by atoms with E-state index in [0.717, 1.165) is 24.9 Å². The normalized spacial score (nSPS) is 51.5. The first-order valence-corrected chi connectivity index (χ1v) is 5.47. The molecule has 4 rings (SSSR count). The Labute approximate surface area is 80.5 Å². The van der Waals surface area contributed by atoms with Crippen molar-refractivity contribution in [2.45, 2.75) is 44.1 Å². The fourth-order valence-corrected chi connectivity index (χ4v) is 4.18. The highest BCUT2D eigenvalue weighted by molar-refractivity contribution is 5.04. The molecule has 2 nitrogen and oxygen atoms in total. The van der Waals surface area contributed by atoms with Crippen molar-refractivity contribution < 1.29 is 5.11 Å². The van der Waals surface area contributed by atoms with Gasteiger partial charge in [0.25, 0.3) is 0 Å². The second kappa shape index (κ2) is 3.25. The van der Waals surface area contributed by atoms with Crippen molar-refractivity contribution in [2.75, 3.05) is 7.11 Å². The molecule has 4 saturated carbocycles. The quantitative estimate of drug-likeness (QED) is 0.598. The first-order valence-electron chi connectivity index (χ1n) is 5.47. The van der Waals surface area contributed by atoms with Crippen LogP contribution in [0.4, 0.5) is 0 Å². The van der Waals surface area contributed by atoms with Crippen molar-refractivity contribution in [3.05, 3.63) is 0 Å².